The molecular weight excluding hydrogens is 314 g/mol. The molecule has 0 spiro atoms. The maximum absolute atomic E-state index is 12.0. The van der Waals surface area contributed by atoms with Crippen molar-refractivity contribution in [2.45, 2.75) is 66.0 Å². The number of nitrogens with zero attached hydrogens (tertiary/aromatic N) is 1. The van der Waals surface area contributed by atoms with Gasteiger partial charge >= 0.3 is 5.97 Å². The van der Waals surface area contributed by atoms with Gasteiger partial charge in [-0.3, -0.25) is 14.5 Å². The highest BCUT2D eigenvalue weighted by molar-refractivity contribution is 6.15. The van der Waals surface area contributed by atoms with E-state index in [-0.39, 0.29) is 24.8 Å². The second-order valence-electron chi connectivity index (χ2n) is 6.20. The predicted octanol–water partition coefficient (Wildman–Crippen LogP) is 2.56. The molecule has 0 radical (unpaired) electrons. The summed E-state index contributed by atoms with van der Waals surface area (Å²) in [5, 5.41) is 0. The molecule has 24 heavy (non-hydrogen) atoms. The quantitative estimate of drug-likeness (QED) is 0.248. The van der Waals surface area contributed by atoms with Gasteiger partial charge < -0.3 is 9.47 Å². The number of rotatable bonds is 11. The van der Waals surface area contributed by atoms with E-state index in [1.165, 1.54) is 6.08 Å². The summed E-state index contributed by atoms with van der Waals surface area (Å²) in [4.78, 5) is 36.0. The minimum absolute atomic E-state index is 0.113. The molecule has 7 nitrogen and oxygen atoms in total. The monoisotopic (exact) mass is 343 g/mol. The Morgan fingerprint density at radius 2 is 1.62 bits per heavy atom. The Bertz CT molecular complexity index is 479. The van der Waals surface area contributed by atoms with Crippen LogP contribution in [0.25, 0.3) is 0 Å². The molecule has 0 aliphatic carbocycles. The van der Waals surface area contributed by atoms with Gasteiger partial charge in [0, 0.05) is 31.4 Å². The van der Waals surface area contributed by atoms with Gasteiger partial charge in [0.1, 0.15) is 0 Å². The molecule has 0 unspecified atom stereocenters. The van der Waals surface area contributed by atoms with E-state index in [1.54, 1.807) is 20.8 Å². The van der Waals surface area contributed by atoms with Crippen LogP contribution in [-0.2, 0) is 28.8 Å². The molecule has 1 rings (SSSR count). The summed E-state index contributed by atoms with van der Waals surface area (Å²) in [7, 11) is 0. The number of carbonyl (C=O) groups excluding carboxylic acids is 2. The second-order valence-corrected chi connectivity index (χ2v) is 6.20. The predicted molar refractivity (Wildman–Crippen MR) is 87.6 cm³/mol. The zero-order valence-corrected chi connectivity index (χ0v) is 15.5. The standard InChI is InChI=1S/C17H29NO6/c1-7-16(5,6)23-24-17(21-8-2,22-9-3)10-11-18-14(19)12-13(4)15(18)20/h12H,7-11H2,1-6H3. The van der Waals surface area contributed by atoms with E-state index in [4.69, 9.17) is 19.2 Å². The molecule has 1 aliphatic heterocycles. The topological polar surface area (TPSA) is 74.3 Å². The van der Waals surface area contributed by atoms with Crippen molar-refractivity contribution in [2.75, 3.05) is 19.8 Å². The molecule has 0 saturated heterocycles. The summed E-state index contributed by atoms with van der Waals surface area (Å²) in [6, 6.07) is 0. The second kappa shape index (κ2) is 8.71. The molecule has 1 aliphatic rings. The molecule has 0 atom stereocenters. The van der Waals surface area contributed by atoms with Crippen LogP contribution in [0.15, 0.2) is 11.6 Å². The van der Waals surface area contributed by atoms with Crippen LogP contribution in [0.2, 0.25) is 0 Å². The van der Waals surface area contributed by atoms with Gasteiger partial charge in [0.25, 0.3) is 11.8 Å². The Labute approximate surface area is 143 Å². The maximum atomic E-state index is 12.0. The van der Waals surface area contributed by atoms with Crippen molar-refractivity contribution in [1.82, 2.24) is 4.90 Å². The van der Waals surface area contributed by atoms with Crippen LogP contribution in [0.4, 0.5) is 0 Å². The minimum Gasteiger partial charge on any atom is -0.326 e. The number of imide groups is 1. The molecule has 0 aromatic heterocycles. The number of amides is 2. The lowest BCUT2D eigenvalue weighted by molar-refractivity contribution is -0.529. The van der Waals surface area contributed by atoms with Crippen LogP contribution in [-0.4, -0.2) is 48.0 Å². The first-order valence-electron chi connectivity index (χ1n) is 8.39. The SMILES string of the molecule is CCOC(CCN1C(=O)C=C(C)C1=O)(OCC)OOC(C)(C)CC. The van der Waals surface area contributed by atoms with Crippen LogP contribution in [0.5, 0.6) is 0 Å². The number of hydrogen-bond donors (Lipinski definition) is 0. The van der Waals surface area contributed by atoms with Gasteiger partial charge in [-0.2, -0.15) is 4.89 Å². The lowest BCUT2D eigenvalue weighted by atomic mass is 10.1. The highest BCUT2D eigenvalue weighted by atomic mass is 17.3. The molecular formula is C17H29NO6. The highest BCUT2D eigenvalue weighted by Crippen LogP contribution is 2.26. The fourth-order valence-electron chi connectivity index (χ4n) is 2.05. The Hall–Kier alpha value is -1.28. The van der Waals surface area contributed by atoms with Crippen molar-refractivity contribution in [3.05, 3.63) is 11.6 Å². The van der Waals surface area contributed by atoms with Crippen molar-refractivity contribution in [3.8, 4) is 0 Å². The number of ether oxygens (including phenoxy) is 2. The van der Waals surface area contributed by atoms with Crippen molar-refractivity contribution in [3.63, 3.8) is 0 Å². The Balaban J connectivity index is 2.81. The smallest absolute Gasteiger partial charge is 0.313 e. The van der Waals surface area contributed by atoms with Gasteiger partial charge in [-0.1, -0.05) is 6.92 Å². The third-order valence-corrected chi connectivity index (χ3v) is 3.80. The molecule has 0 saturated carbocycles. The average Bonchev–Trinajstić information content (AvgIpc) is 2.77. The van der Waals surface area contributed by atoms with Crippen molar-refractivity contribution >= 4 is 11.8 Å². The normalized spacial score (nSPS) is 16.1. The lowest BCUT2D eigenvalue weighted by Crippen LogP contribution is -2.45. The fourth-order valence-corrected chi connectivity index (χ4v) is 2.05. The van der Waals surface area contributed by atoms with E-state index in [1.807, 2.05) is 20.8 Å². The molecule has 0 fully saturated rings. The average molecular weight is 343 g/mol. The summed E-state index contributed by atoms with van der Waals surface area (Å²) >= 11 is 0. The van der Waals surface area contributed by atoms with E-state index < -0.39 is 11.6 Å². The largest absolute Gasteiger partial charge is 0.326 e. The summed E-state index contributed by atoms with van der Waals surface area (Å²) in [6.45, 7) is 11.7. The third kappa shape index (κ3) is 5.37. The van der Waals surface area contributed by atoms with Crippen LogP contribution >= 0.6 is 0 Å². The summed E-state index contributed by atoms with van der Waals surface area (Å²) in [6.07, 6.45) is 2.20. The first-order chi connectivity index (χ1) is 11.2. The fraction of sp³-hybridized carbons (Fsp3) is 0.765. The van der Waals surface area contributed by atoms with E-state index in [0.29, 0.717) is 18.8 Å². The van der Waals surface area contributed by atoms with Crippen LogP contribution in [0, 0.1) is 0 Å². The Kier molecular flexibility index (Phi) is 7.54. The lowest BCUT2D eigenvalue weighted by Gasteiger charge is -2.35. The maximum Gasteiger partial charge on any atom is 0.313 e. The molecule has 0 bridgehead atoms. The molecule has 0 N–H and O–H groups in total. The summed E-state index contributed by atoms with van der Waals surface area (Å²) < 4.78 is 11.3. The zero-order valence-electron chi connectivity index (χ0n) is 15.5. The third-order valence-electron chi connectivity index (χ3n) is 3.80. The van der Waals surface area contributed by atoms with E-state index in [9.17, 15) is 9.59 Å². The highest BCUT2D eigenvalue weighted by Gasteiger charge is 2.39. The van der Waals surface area contributed by atoms with Crippen LogP contribution in [0.1, 0.15) is 54.4 Å². The molecule has 0 aromatic rings. The number of hydrogen-bond acceptors (Lipinski definition) is 6. The van der Waals surface area contributed by atoms with Gasteiger partial charge in [0.2, 0.25) is 0 Å². The van der Waals surface area contributed by atoms with Crippen molar-refractivity contribution in [1.29, 1.82) is 0 Å². The van der Waals surface area contributed by atoms with Gasteiger partial charge in [-0.25, -0.2) is 4.89 Å². The molecule has 2 amide bonds. The molecule has 138 valence electrons. The van der Waals surface area contributed by atoms with Crippen LogP contribution < -0.4 is 0 Å². The molecule has 0 aromatic carbocycles. The van der Waals surface area contributed by atoms with Gasteiger partial charge in [-0.15, -0.1) is 0 Å². The van der Waals surface area contributed by atoms with E-state index in [0.717, 1.165) is 11.3 Å². The summed E-state index contributed by atoms with van der Waals surface area (Å²) in [5.74, 6) is -2.11. The minimum atomic E-state index is -1.47. The van der Waals surface area contributed by atoms with Crippen LogP contribution in [0.3, 0.4) is 0 Å². The molecule has 1 heterocycles. The van der Waals surface area contributed by atoms with E-state index >= 15 is 0 Å². The zero-order chi connectivity index (χ0) is 18.4. The van der Waals surface area contributed by atoms with Gasteiger partial charge in [0.15, 0.2) is 0 Å². The van der Waals surface area contributed by atoms with Gasteiger partial charge in [0.05, 0.1) is 12.0 Å². The Morgan fingerprint density at radius 3 is 2.04 bits per heavy atom. The van der Waals surface area contributed by atoms with Crippen molar-refractivity contribution in [2.24, 2.45) is 0 Å². The summed E-state index contributed by atoms with van der Waals surface area (Å²) in [5.41, 5.74) is -0.0978. The molecule has 7 heteroatoms. The van der Waals surface area contributed by atoms with Crippen molar-refractivity contribution < 1.29 is 28.8 Å². The van der Waals surface area contributed by atoms with Gasteiger partial charge in [-0.05, 0) is 41.0 Å². The van der Waals surface area contributed by atoms with E-state index in [2.05, 4.69) is 0 Å². The first-order valence-corrected chi connectivity index (χ1v) is 8.39. The Morgan fingerprint density at radius 1 is 1.04 bits per heavy atom. The first kappa shape index (κ1) is 20.8. The number of carbonyl (C=O) groups is 2.